The quantitative estimate of drug-likeness (QED) is 0.793. The summed E-state index contributed by atoms with van der Waals surface area (Å²) in [6, 6.07) is 1.65. The zero-order chi connectivity index (χ0) is 15.9. The zero-order valence-corrected chi connectivity index (χ0v) is 13.2. The number of hydrogen-bond acceptors (Lipinski definition) is 6. The van der Waals surface area contributed by atoms with E-state index in [9.17, 15) is 9.90 Å². The zero-order valence-electron chi connectivity index (χ0n) is 13.2. The number of amides is 1. The summed E-state index contributed by atoms with van der Waals surface area (Å²) >= 11 is 0. The lowest BCUT2D eigenvalue weighted by atomic mass is 10.2. The molecule has 1 N–H and O–H groups in total. The SMILES string of the molecule is CCOC[C@@H](O)CN1CCN(C(=O)c2ccnc(C)n2)CC1. The fourth-order valence-electron chi connectivity index (χ4n) is 2.48. The smallest absolute Gasteiger partial charge is 0.272 e. The monoisotopic (exact) mass is 308 g/mol. The molecule has 1 aromatic heterocycles. The Kier molecular flexibility index (Phi) is 6.23. The van der Waals surface area contributed by atoms with Crippen molar-refractivity contribution >= 4 is 5.91 Å². The van der Waals surface area contributed by atoms with E-state index >= 15 is 0 Å². The van der Waals surface area contributed by atoms with E-state index in [1.54, 1.807) is 24.1 Å². The number of aromatic nitrogens is 2. The van der Waals surface area contributed by atoms with Crippen LogP contribution >= 0.6 is 0 Å². The van der Waals surface area contributed by atoms with Crippen LogP contribution in [-0.2, 0) is 4.74 Å². The molecule has 0 unspecified atom stereocenters. The van der Waals surface area contributed by atoms with E-state index in [1.165, 1.54) is 0 Å². The van der Waals surface area contributed by atoms with Crippen molar-refractivity contribution in [3.63, 3.8) is 0 Å². The minimum atomic E-state index is -0.480. The molecular formula is C15H24N4O3. The van der Waals surface area contributed by atoms with Gasteiger partial charge in [0.25, 0.3) is 5.91 Å². The highest BCUT2D eigenvalue weighted by Gasteiger charge is 2.24. The third-order valence-corrected chi connectivity index (χ3v) is 3.64. The van der Waals surface area contributed by atoms with Crippen LogP contribution in [0.25, 0.3) is 0 Å². The molecule has 1 atom stereocenters. The Morgan fingerprint density at radius 2 is 2.14 bits per heavy atom. The van der Waals surface area contributed by atoms with Crippen molar-refractivity contribution in [3.8, 4) is 0 Å². The average molecular weight is 308 g/mol. The Morgan fingerprint density at radius 1 is 1.41 bits per heavy atom. The van der Waals surface area contributed by atoms with Crippen molar-refractivity contribution in [1.82, 2.24) is 19.8 Å². The molecule has 2 heterocycles. The van der Waals surface area contributed by atoms with E-state index in [0.717, 1.165) is 13.1 Å². The molecule has 7 nitrogen and oxygen atoms in total. The lowest BCUT2D eigenvalue weighted by molar-refractivity contribution is 0.0110. The van der Waals surface area contributed by atoms with Crippen molar-refractivity contribution in [1.29, 1.82) is 0 Å². The number of hydrogen-bond donors (Lipinski definition) is 1. The molecule has 122 valence electrons. The van der Waals surface area contributed by atoms with Crippen LogP contribution in [0.15, 0.2) is 12.3 Å². The summed E-state index contributed by atoms with van der Waals surface area (Å²) in [5.74, 6) is 0.545. The van der Waals surface area contributed by atoms with Crippen LogP contribution in [0.5, 0.6) is 0 Å². The predicted molar refractivity (Wildman–Crippen MR) is 81.6 cm³/mol. The van der Waals surface area contributed by atoms with E-state index < -0.39 is 6.10 Å². The number of carbonyl (C=O) groups excluding carboxylic acids is 1. The number of aliphatic hydroxyl groups is 1. The first-order valence-electron chi connectivity index (χ1n) is 7.67. The summed E-state index contributed by atoms with van der Waals surface area (Å²) in [5, 5.41) is 9.85. The molecule has 2 rings (SSSR count). The molecule has 1 fully saturated rings. The molecule has 1 aliphatic heterocycles. The van der Waals surface area contributed by atoms with Crippen LogP contribution in [0.1, 0.15) is 23.2 Å². The molecule has 0 bridgehead atoms. The van der Waals surface area contributed by atoms with Gasteiger partial charge in [0.05, 0.1) is 12.7 Å². The van der Waals surface area contributed by atoms with Crippen LogP contribution < -0.4 is 0 Å². The summed E-state index contributed by atoms with van der Waals surface area (Å²) in [5.41, 5.74) is 0.442. The van der Waals surface area contributed by atoms with Gasteiger partial charge in [0.15, 0.2) is 0 Å². The van der Waals surface area contributed by atoms with Gasteiger partial charge in [0, 0.05) is 45.5 Å². The standard InChI is InChI=1S/C15H24N4O3/c1-3-22-11-13(20)10-18-6-8-19(9-7-18)15(21)14-4-5-16-12(2)17-14/h4-5,13,20H,3,6-11H2,1-2H3/t13-/m0/s1. The van der Waals surface area contributed by atoms with E-state index in [2.05, 4.69) is 14.9 Å². The van der Waals surface area contributed by atoms with Gasteiger partial charge in [-0.1, -0.05) is 0 Å². The highest BCUT2D eigenvalue weighted by Crippen LogP contribution is 2.08. The van der Waals surface area contributed by atoms with Gasteiger partial charge in [-0.25, -0.2) is 9.97 Å². The van der Waals surface area contributed by atoms with Crippen LogP contribution in [0.4, 0.5) is 0 Å². The lowest BCUT2D eigenvalue weighted by Gasteiger charge is -2.35. The van der Waals surface area contributed by atoms with E-state index in [1.807, 2.05) is 6.92 Å². The fourth-order valence-corrected chi connectivity index (χ4v) is 2.48. The number of carbonyl (C=O) groups is 1. The third kappa shape index (κ3) is 4.72. The number of β-amino-alcohol motifs (C(OH)–C–C–N with tert-alkyl or cyclic N) is 1. The highest BCUT2D eigenvalue weighted by molar-refractivity contribution is 5.92. The van der Waals surface area contributed by atoms with Gasteiger partial charge < -0.3 is 14.7 Å². The maximum Gasteiger partial charge on any atom is 0.272 e. The summed E-state index contributed by atoms with van der Waals surface area (Å²) in [6.45, 7) is 8.01. The third-order valence-electron chi connectivity index (χ3n) is 3.64. The van der Waals surface area contributed by atoms with E-state index in [-0.39, 0.29) is 5.91 Å². The number of aliphatic hydroxyl groups excluding tert-OH is 1. The number of nitrogens with zero attached hydrogens (tertiary/aromatic N) is 4. The second-order valence-corrected chi connectivity index (χ2v) is 5.40. The predicted octanol–water partition coefficient (Wildman–Crippen LogP) is -0.0598. The molecule has 0 spiro atoms. The second-order valence-electron chi connectivity index (χ2n) is 5.40. The average Bonchev–Trinajstić information content (AvgIpc) is 2.53. The van der Waals surface area contributed by atoms with Crippen molar-refractivity contribution in [2.24, 2.45) is 0 Å². The molecule has 0 saturated carbocycles. The van der Waals surface area contributed by atoms with Crippen LogP contribution in [0, 0.1) is 6.92 Å². The Labute approximate surface area is 130 Å². The molecule has 1 saturated heterocycles. The largest absolute Gasteiger partial charge is 0.389 e. The van der Waals surface area contributed by atoms with Gasteiger partial charge in [0.2, 0.25) is 0 Å². The Hall–Kier alpha value is -1.57. The minimum Gasteiger partial charge on any atom is -0.389 e. The Bertz CT molecular complexity index is 489. The lowest BCUT2D eigenvalue weighted by Crippen LogP contribution is -2.51. The van der Waals surface area contributed by atoms with E-state index in [0.29, 0.717) is 44.4 Å². The van der Waals surface area contributed by atoms with Crippen molar-refractivity contribution in [2.75, 3.05) is 45.9 Å². The summed E-state index contributed by atoms with van der Waals surface area (Å²) in [6.07, 6.45) is 1.13. The molecule has 0 aliphatic carbocycles. The first kappa shape index (κ1) is 16.8. The fraction of sp³-hybridized carbons (Fsp3) is 0.667. The highest BCUT2D eigenvalue weighted by atomic mass is 16.5. The Balaban J connectivity index is 1.80. The van der Waals surface area contributed by atoms with E-state index in [4.69, 9.17) is 4.74 Å². The maximum absolute atomic E-state index is 12.4. The molecule has 1 amide bonds. The second kappa shape index (κ2) is 8.17. The molecule has 7 heteroatoms. The minimum absolute atomic E-state index is 0.0555. The molecular weight excluding hydrogens is 284 g/mol. The molecule has 0 radical (unpaired) electrons. The normalized spacial score (nSPS) is 17.5. The summed E-state index contributed by atoms with van der Waals surface area (Å²) in [7, 11) is 0. The van der Waals surface area contributed by atoms with Crippen molar-refractivity contribution < 1.29 is 14.6 Å². The van der Waals surface area contributed by atoms with Gasteiger partial charge in [-0.05, 0) is 19.9 Å². The van der Waals surface area contributed by atoms with Crippen LogP contribution in [0.3, 0.4) is 0 Å². The van der Waals surface area contributed by atoms with Crippen LogP contribution in [0.2, 0.25) is 0 Å². The maximum atomic E-state index is 12.4. The Morgan fingerprint density at radius 3 is 2.77 bits per heavy atom. The first-order valence-corrected chi connectivity index (χ1v) is 7.67. The van der Waals surface area contributed by atoms with Gasteiger partial charge in [-0.15, -0.1) is 0 Å². The topological polar surface area (TPSA) is 78.8 Å². The summed E-state index contributed by atoms with van der Waals surface area (Å²) in [4.78, 5) is 24.5. The van der Waals surface area contributed by atoms with Crippen molar-refractivity contribution in [3.05, 3.63) is 23.8 Å². The van der Waals surface area contributed by atoms with Gasteiger partial charge in [-0.3, -0.25) is 9.69 Å². The van der Waals surface area contributed by atoms with Crippen molar-refractivity contribution in [2.45, 2.75) is 20.0 Å². The molecule has 1 aromatic rings. The molecule has 1 aliphatic rings. The number of aryl methyl sites for hydroxylation is 1. The molecule has 0 aromatic carbocycles. The first-order chi connectivity index (χ1) is 10.6. The number of ether oxygens (including phenoxy) is 1. The van der Waals surface area contributed by atoms with Crippen LogP contribution in [-0.4, -0.2) is 82.8 Å². The number of piperazine rings is 1. The summed E-state index contributed by atoms with van der Waals surface area (Å²) < 4.78 is 5.21. The van der Waals surface area contributed by atoms with Gasteiger partial charge >= 0.3 is 0 Å². The number of rotatable bonds is 6. The van der Waals surface area contributed by atoms with Gasteiger partial charge in [-0.2, -0.15) is 0 Å². The molecule has 22 heavy (non-hydrogen) atoms. The van der Waals surface area contributed by atoms with Gasteiger partial charge in [0.1, 0.15) is 11.5 Å².